The molecule has 0 fully saturated rings. The molecule has 0 saturated carbocycles. The van der Waals surface area contributed by atoms with Gasteiger partial charge in [-0.25, -0.2) is 17.6 Å². The van der Waals surface area contributed by atoms with Gasteiger partial charge in [0.25, 0.3) is 0 Å². The van der Waals surface area contributed by atoms with E-state index in [0.717, 1.165) is 30.0 Å². The topological polar surface area (TPSA) is 29.1 Å². The molecule has 1 amide bonds. The first-order chi connectivity index (χ1) is 10.4. The second-order valence-electron chi connectivity index (χ2n) is 4.45. The molecule has 0 saturated heterocycles. The molecule has 2 rings (SSSR count). The van der Waals surface area contributed by atoms with E-state index >= 15 is 0 Å². The van der Waals surface area contributed by atoms with Crippen molar-refractivity contribution in [3.05, 3.63) is 59.7 Å². The standard InChI is InChI=1S/C15H11F4NOS/c1-8(22-14-5-3-10(17)7-12(14)19)15(21)20-13-4-2-9(16)6-11(13)18/h2-8H,1H3,(H,20,21)/t8-/m0/s1. The van der Waals surface area contributed by atoms with Crippen molar-refractivity contribution < 1.29 is 22.4 Å². The number of rotatable bonds is 4. The average molecular weight is 329 g/mol. The van der Waals surface area contributed by atoms with Gasteiger partial charge >= 0.3 is 0 Å². The van der Waals surface area contributed by atoms with Crippen LogP contribution in [-0.2, 0) is 4.79 Å². The van der Waals surface area contributed by atoms with Crippen LogP contribution in [0, 0.1) is 23.3 Å². The number of hydrogen-bond acceptors (Lipinski definition) is 2. The summed E-state index contributed by atoms with van der Waals surface area (Å²) in [4.78, 5) is 12.0. The molecule has 1 N–H and O–H groups in total. The zero-order chi connectivity index (χ0) is 16.3. The number of carbonyl (C=O) groups is 1. The summed E-state index contributed by atoms with van der Waals surface area (Å²) in [6, 6.07) is 5.77. The van der Waals surface area contributed by atoms with Gasteiger partial charge in [-0.1, -0.05) is 0 Å². The van der Waals surface area contributed by atoms with Crippen LogP contribution in [0.3, 0.4) is 0 Å². The molecular formula is C15H11F4NOS. The number of thioether (sulfide) groups is 1. The lowest BCUT2D eigenvalue weighted by molar-refractivity contribution is -0.115. The fraction of sp³-hybridized carbons (Fsp3) is 0.133. The van der Waals surface area contributed by atoms with Crippen LogP contribution in [0.5, 0.6) is 0 Å². The van der Waals surface area contributed by atoms with Crippen LogP contribution in [-0.4, -0.2) is 11.2 Å². The largest absolute Gasteiger partial charge is 0.323 e. The summed E-state index contributed by atoms with van der Waals surface area (Å²) >= 11 is 0.865. The molecule has 0 heterocycles. The summed E-state index contributed by atoms with van der Waals surface area (Å²) in [5, 5.41) is 1.53. The minimum Gasteiger partial charge on any atom is -0.323 e. The Hall–Kier alpha value is -2.02. The van der Waals surface area contributed by atoms with Crippen LogP contribution in [0.2, 0.25) is 0 Å². The van der Waals surface area contributed by atoms with E-state index in [2.05, 4.69) is 5.32 Å². The Morgan fingerprint density at radius 1 is 1.00 bits per heavy atom. The van der Waals surface area contributed by atoms with Crippen molar-refractivity contribution in [1.82, 2.24) is 0 Å². The van der Waals surface area contributed by atoms with Gasteiger partial charge in [0.2, 0.25) is 5.91 Å². The fourth-order valence-electron chi connectivity index (χ4n) is 1.64. The van der Waals surface area contributed by atoms with Crippen molar-refractivity contribution in [3.63, 3.8) is 0 Å². The van der Waals surface area contributed by atoms with Gasteiger partial charge in [-0.3, -0.25) is 4.79 Å². The minimum atomic E-state index is -0.904. The number of hydrogen-bond donors (Lipinski definition) is 1. The Balaban J connectivity index is 2.05. The van der Waals surface area contributed by atoms with E-state index in [1.54, 1.807) is 0 Å². The van der Waals surface area contributed by atoms with Gasteiger partial charge in [0.1, 0.15) is 23.3 Å². The van der Waals surface area contributed by atoms with Crippen LogP contribution in [0.15, 0.2) is 41.3 Å². The zero-order valence-electron chi connectivity index (χ0n) is 11.4. The predicted octanol–water partition coefficient (Wildman–Crippen LogP) is 4.36. The van der Waals surface area contributed by atoms with E-state index in [1.165, 1.54) is 13.0 Å². The first-order valence-corrected chi connectivity index (χ1v) is 7.12. The third kappa shape index (κ3) is 4.00. The number of amides is 1. The lowest BCUT2D eigenvalue weighted by Crippen LogP contribution is -2.23. The number of halogens is 4. The summed E-state index contributed by atoms with van der Waals surface area (Å²) in [5.41, 5.74) is -0.168. The van der Waals surface area contributed by atoms with E-state index in [9.17, 15) is 22.4 Å². The number of carbonyl (C=O) groups excluding carboxylic acids is 1. The van der Waals surface area contributed by atoms with Crippen molar-refractivity contribution in [1.29, 1.82) is 0 Å². The Labute approximate surface area is 128 Å². The molecule has 0 aliphatic rings. The van der Waals surface area contributed by atoms with Crippen molar-refractivity contribution in [2.24, 2.45) is 0 Å². The highest BCUT2D eigenvalue weighted by Gasteiger charge is 2.18. The molecule has 0 aromatic heterocycles. The van der Waals surface area contributed by atoms with Gasteiger partial charge in [-0.15, -0.1) is 11.8 Å². The molecule has 22 heavy (non-hydrogen) atoms. The summed E-state index contributed by atoms with van der Waals surface area (Å²) in [6.45, 7) is 1.49. The lowest BCUT2D eigenvalue weighted by atomic mass is 10.3. The zero-order valence-corrected chi connectivity index (χ0v) is 12.2. The van der Waals surface area contributed by atoms with Crippen LogP contribution >= 0.6 is 11.8 Å². The van der Waals surface area contributed by atoms with Gasteiger partial charge in [0.05, 0.1) is 10.9 Å². The molecule has 0 unspecified atom stereocenters. The normalized spacial score (nSPS) is 12.0. The Kier molecular flexibility index (Phi) is 5.07. The molecular weight excluding hydrogens is 318 g/mol. The highest BCUT2D eigenvalue weighted by Crippen LogP contribution is 2.27. The molecule has 2 aromatic carbocycles. The van der Waals surface area contributed by atoms with Gasteiger partial charge in [-0.2, -0.15) is 0 Å². The molecule has 0 aliphatic heterocycles. The molecule has 2 aromatic rings. The maximum atomic E-state index is 13.5. The first-order valence-electron chi connectivity index (χ1n) is 6.24. The van der Waals surface area contributed by atoms with Crippen molar-refractivity contribution in [2.75, 3.05) is 5.32 Å². The van der Waals surface area contributed by atoms with Gasteiger partial charge in [-0.05, 0) is 31.2 Å². The second-order valence-corrected chi connectivity index (χ2v) is 5.83. The molecule has 0 radical (unpaired) electrons. The minimum absolute atomic E-state index is 0.101. The molecule has 7 heteroatoms. The van der Waals surface area contributed by atoms with Crippen LogP contribution in [0.25, 0.3) is 0 Å². The molecule has 0 spiro atoms. The predicted molar refractivity (Wildman–Crippen MR) is 76.7 cm³/mol. The van der Waals surface area contributed by atoms with Crippen molar-refractivity contribution in [2.45, 2.75) is 17.1 Å². The van der Waals surface area contributed by atoms with E-state index in [1.807, 2.05) is 0 Å². The number of nitrogens with one attached hydrogen (secondary N) is 1. The quantitative estimate of drug-likeness (QED) is 0.667. The van der Waals surface area contributed by atoms with E-state index in [-0.39, 0.29) is 10.6 Å². The highest BCUT2D eigenvalue weighted by atomic mass is 32.2. The van der Waals surface area contributed by atoms with E-state index in [0.29, 0.717) is 12.1 Å². The smallest absolute Gasteiger partial charge is 0.237 e. The fourth-order valence-corrected chi connectivity index (χ4v) is 2.50. The van der Waals surface area contributed by atoms with Crippen molar-refractivity contribution >= 4 is 23.4 Å². The molecule has 2 nitrogen and oxygen atoms in total. The van der Waals surface area contributed by atoms with Crippen LogP contribution in [0.1, 0.15) is 6.92 Å². The number of benzene rings is 2. The maximum absolute atomic E-state index is 13.5. The van der Waals surface area contributed by atoms with Crippen LogP contribution in [0.4, 0.5) is 23.2 Å². The second kappa shape index (κ2) is 6.83. The van der Waals surface area contributed by atoms with Gasteiger partial charge < -0.3 is 5.32 Å². The Bertz CT molecular complexity index is 708. The van der Waals surface area contributed by atoms with Gasteiger partial charge in [0.15, 0.2) is 0 Å². The van der Waals surface area contributed by atoms with E-state index < -0.39 is 34.4 Å². The monoisotopic (exact) mass is 329 g/mol. The van der Waals surface area contributed by atoms with Crippen molar-refractivity contribution in [3.8, 4) is 0 Å². The maximum Gasteiger partial charge on any atom is 0.237 e. The first kappa shape index (κ1) is 16.4. The summed E-state index contributed by atoms with van der Waals surface area (Å²) in [5.74, 6) is -3.74. The molecule has 116 valence electrons. The average Bonchev–Trinajstić information content (AvgIpc) is 2.44. The van der Waals surface area contributed by atoms with Crippen LogP contribution < -0.4 is 5.32 Å². The SMILES string of the molecule is C[C@H](Sc1ccc(F)cc1F)C(=O)Nc1ccc(F)cc1F. The number of anilines is 1. The molecule has 0 aliphatic carbocycles. The highest BCUT2D eigenvalue weighted by molar-refractivity contribution is 8.00. The third-order valence-electron chi connectivity index (χ3n) is 2.76. The summed E-state index contributed by atoms with van der Waals surface area (Å²) in [6.07, 6.45) is 0. The molecule has 0 bridgehead atoms. The van der Waals surface area contributed by atoms with Gasteiger partial charge in [0, 0.05) is 17.0 Å². The summed E-state index contributed by atoms with van der Waals surface area (Å²) in [7, 11) is 0. The Morgan fingerprint density at radius 3 is 2.18 bits per heavy atom. The summed E-state index contributed by atoms with van der Waals surface area (Å²) < 4.78 is 52.5. The Morgan fingerprint density at radius 2 is 1.59 bits per heavy atom. The third-order valence-corrected chi connectivity index (χ3v) is 3.91. The van der Waals surface area contributed by atoms with E-state index in [4.69, 9.17) is 0 Å². The molecule has 1 atom stereocenters. The lowest BCUT2D eigenvalue weighted by Gasteiger charge is -2.13.